The van der Waals surface area contributed by atoms with Crippen molar-refractivity contribution in [2.24, 2.45) is 0 Å². The molecule has 154 valence electrons. The van der Waals surface area contributed by atoms with Crippen LogP contribution in [0.15, 0.2) is 72.8 Å². The van der Waals surface area contributed by atoms with Crippen molar-refractivity contribution in [2.75, 3.05) is 19.0 Å². The van der Waals surface area contributed by atoms with Crippen LogP contribution >= 0.6 is 0 Å². The third-order valence-corrected chi connectivity index (χ3v) is 4.57. The lowest BCUT2D eigenvalue weighted by molar-refractivity contribution is -0.118. The molecule has 0 bridgehead atoms. The lowest BCUT2D eigenvalue weighted by Crippen LogP contribution is -2.26. The molecule has 0 unspecified atom stereocenters. The van der Waals surface area contributed by atoms with E-state index in [1.807, 2.05) is 62.4 Å². The second-order valence-corrected chi connectivity index (χ2v) is 7.39. The van der Waals surface area contributed by atoms with Gasteiger partial charge >= 0.3 is 0 Å². The molecule has 0 radical (unpaired) electrons. The van der Waals surface area contributed by atoms with Crippen LogP contribution in [0.25, 0.3) is 0 Å². The highest BCUT2D eigenvalue weighted by Crippen LogP contribution is 2.17. The Labute approximate surface area is 177 Å². The number of ether oxygens (including phenoxy) is 1. The molecule has 0 saturated carbocycles. The number of amides is 2. The third-order valence-electron chi connectivity index (χ3n) is 4.57. The zero-order valence-electron chi connectivity index (χ0n) is 17.5. The minimum Gasteiger partial charge on any atom is -0.484 e. The summed E-state index contributed by atoms with van der Waals surface area (Å²) in [4.78, 5) is 26.7. The average Bonchev–Trinajstić information content (AvgIpc) is 2.72. The van der Waals surface area contributed by atoms with Gasteiger partial charge in [0.15, 0.2) is 6.61 Å². The van der Waals surface area contributed by atoms with E-state index in [9.17, 15) is 9.59 Å². The van der Waals surface area contributed by atoms with Crippen molar-refractivity contribution in [1.29, 1.82) is 0 Å². The quantitative estimate of drug-likeness (QED) is 0.629. The predicted octanol–water partition coefficient (Wildman–Crippen LogP) is 4.59. The number of aryl methyl sites for hydroxylation is 2. The van der Waals surface area contributed by atoms with Crippen LogP contribution < -0.4 is 10.1 Å². The van der Waals surface area contributed by atoms with Crippen LogP contribution in [-0.4, -0.2) is 30.4 Å². The third kappa shape index (κ3) is 5.95. The zero-order chi connectivity index (χ0) is 21.5. The topological polar surface area (TPSA) is 58.6 Å². The van der Waals surface area contributed by atoms with Gasteiger partial charge in [-0.2, -0.15) is 0 Å². The normalized spacial score (nSPS) is 10.4. The smallest absolute Gasteiger partial charge is 0.262 e. The van der Waals surface area contributed by atoms with E-state index in [0.717, 1.165) is 16.7 Å². The lowest BCUT2D eigenvalue weighted by Gasteiger charge is -2.18. The fourth-order valence-corrected chi connectivity index (χ4v) is 3.24. The fourth-order valence-electron chi connectivity index (χ4n) is 3.24. The van der Waals surface area contributed by atoms with Crippen LogP contribution in [0.4, 0.5) is 5.69 Å². The Morgan fingerprint density at radius 3 is 2.30 bits per heavy atom. The number of carbonyl (C=O) groups excluding carboxylic acids is 2. The largest absolute Gasteiger partial charge is 0.484 e. The lowest BCUT2D eigenvalue weighted by atomic mass is 10.1. The van der Waals surface area contributed by atoms with Gasteiger partial charge in [-0.05, 0) is 60.9 Å². The van der Waals surface area contributed by atoms with E-state index in [0.29, 0.717) is 23.5 Å². The summed E-state index contributed by atoms with van der Waals surface area (Å²) in [7, 11) is 1.76. The Balaban J connectivity index is 1.59. The molecule has 1 N–H and O–H groups in total. The maximum absolute atomic E-state index is 12.8. The van der Waals surface area contributed by atoms with E-state index in [1.54, 1.807) is 36.2 Å². The van der Waals surface area contributed by atoms with Crippen molar-refractivity contribution in [3.8, 4) is 5.75 Å². The van der Waals surface area contributed by atoms with Gasteiger partial charge in [0.05, 0.1) is 0 Å². The van der Waals surface area contributed by atoms with Crippen molar-refractivity contribution in [1.82, 2.24) is 4.90 Å². The Morgan fingerprint density at radius 2 is 1.60 bits per heavy atom. The number of benzene rings is 3. The molecule has 3 aromatic rings. The summed E-state index contributed by atoms with van der Waals surface area (Å²) in [5.41, 5.74) is 4.29. The van der Waals surface area contributed by atoms with E-state index >= 15 is 0 Å². The molecule has 2 amide bonds. The van der Waals surface area contributed by atoms with Crippen LogP contribution in [0.5, 0.6) is 5.75 Å². The average molecular weight is 402 g/mol. The van der Waals surface area contributed by atoms with Crippen LogP contribution in [0, 0.1) is 13.8 Å². The molecule has 0 aliphatic heterocycles. The molecule has 3 aromatic carbocycles. The molecule has 0 aliphatic rings. The van der Waals surface area contributed by atoms with Crippen LogP contribution in [0.2, 0.25) is 0 Å². The molecule has 0 aromatic heterocycles. The molecule has 30 heavy (non-hydrogen) atoms. The van der Waals surface area contributed by atoms with E-state index in [4.69, 9.17) is 4.74 Å². The highest BCUT2D eigenvalue weighted by molar-refractivity contribution is 5.97. The highest BCUT2D eigenvalue weighted by Gasteiger charge is 2.13. The molecule has 0 atom stereocenters. The van der Waals surface area contributed by atoms with Crippen molar-refractivity contribution in [3.63, 3.8) is 0 Å². The Kier molecular flexibility index (Phi) is 6.86. The first-order valence-corrected chi connectivity index (χ1v) is 9.81. The Morgan fingerprint density at radius 1 is 0.900 bits per heavy atom. The number of nitrogens with zero attached hydrogens (tertiary/aromatic N) is 1. The first-order chi connectivity index (χ1) is 14.4. The zero-order valence-corrected chi connectivity index (χ0v) is 17.5. The minimum absolute atomic E-state index is 0.102. The molecule has 0 heterocycles. The van der Waals surface area contributed by atoms with Crippen LogP contribution in [0.1, 0.15) is 27.0 Å². The number of hydrogen-bond acceptors (Lipinski definition) is 3. The maximum Gasteiger partial charge on any atom is 0.262 e. The van der Waals surface area contributed by atoms with Crippen molar-refractivity contribution in [2.45, 2.75) is 20.4 Å². The molecule has 5 nitrogen and oxygen atoms in total. The van der Waals surface area contributed by atoms with Gasteiger partial charge in [-0.25, -0.2) is 0 Å². The maximum atomic E-state index is 12.8. The molecule has 0 spiro atoms. The summed E-state index contributed by atoms with van der Waals surface area (Å²) in [6.45, 7) is 4.38. The summed E-state index contributed by atoms with van der Waals surface area (Å²) in [6, 6.07) is 22.6. The molecule has 5 heteroatoms. The first-order valence-electron chi connectivity index (χ1n) is 9.81. The summed E-state index contributed by atoms with van der Waals surface area (Å²) in [5, 5.41) is 2.79. The van der Waals surface area contributed by atoms with Crippen molar-refractivity contribution in [3.05, 3.63) is 95.1 Å². The SMILES string of the molecule is Cc1cc(C)cc(OCC(=O)Nc2cccc(C(=O)N(C)Cc3ccccc3)c2)c1. The van der Waals surface area contributed by atoms with E-state index in [2.05, 4.69) is 5.32 Å². The van der Waals surface area contributed by atoms with E-state index in [1.165, 1.54) is 0 Å². The number of nitrogens with one attached hydrogen (secondary N) is 1. The van der Waals surface area contributed by atoms with Gasteiger partial charge in [-0.3, -0.25) is 9.59 Å². The predicted molar refractivity (Wildman–Crippen MR) is 119 cm³/mol. The number of anilines is 1. The Bertz CT molecular complexity index is 1010. The van der Waals surface area contributed by atoms with Gasteiger partial charge in [0.25, 0.3) is 11.8 Å². The van der Waals surface area contributed by atoms with Crippen molar-refractivity contribution >= 4 is 17.5 Å². The fraction of sp³-hybridized carbons (Fsp3) is 0.200. The number of rotatable bonds is 7. The summed E-state index contributed by atoms with van der Waals surface area (Å²) in [5.74, 6) is 0.270. The van der Waals surface area contributed by atoms with Crippen LogP contribution in [-0.2, 0) is 11.3 Å². The van der Waals surface area contributed by atoms with Gasteiger partial charge in [-0.1, -0.05) is 42.5 Å². The van der Waals surface area contributed by atoms with E-state index in [-0.39, 0.29) is 18.4 Å². The molecule has 0 aliphatic carbocycles. The van der Waals surface area contributed by atoms with Crippen LogP contribution in [0.3, 0.4) is 0 Å². The number of carbonyl (C=O) groups is 2. The van der Waals surface area contributed by atoms with Gasteiger partial charge in [0.1, 0.15) is 5.75 Å². The van der Waals surface area contributed by atoms with Gasteiger partial charge in [-0.15, -0.1) is 0 Å². The second-order valence-electron chi connectivity index (χ2n) is 7.39. The van der Waals surface area contributed by atoms with E-state index < -0.39 is 0 Å². The molecular weight excluding hydrogens is 376 g/mol. The number of hydrogen-bond donors (Lipinski definition) is 1. The summed E-state index contributed by atoms with van der Waals surface area (Å²) >= 11 is 0. The van der Waals surface area contributed by atoms with Gasteiger partial charge in [0, 0.05) is 24.8 Å². The molecular formula is C25H26N2O3. The highest BCUT2D eigenvalue weighted by atomic mass is 16.5. The molecule has 3 rings (SSSR count). The van der Waals surface area contributed by atoms with Gasteiger partial charge < -0.3 is 15.0 Å². The van der Waals surface area contributed by atoms with Gasteiger partial charge in [0.2, 0.25) is 0 Å². The Hall–Kier alpha value is -3.60. The molecule has 0 saturated heterocycles. The summed E-state index contributed by atoms with van der Waals surface area (Å²) in [6.07, 6.45) is 0. The molecule has 0 fully saturated rings. The standard InChI is InChI=1S/C25H26N2O3/c1-18-12-19(2)14-23(13-18)30-17-24(28)26-22-11-7-10-21(15-22)25(29)27(3)16-20-8-5-4-6-9-20/h4-15H,16-17H2,1-3H3,(H,26,28). The van der Waals surface area contributed by atoms with Crippen molar-refractivity contribution < 1.29 is 14.3 Å². The first kappa shape index (κ1) is 21.1. The minimum atomic E-state index is -0.281. The monoisotopic (exact) mass is 402 g/mol. The summed E-state index contributed by atoms with van der Waals surface area (Å²) < 4.78 is 5.60. The second kappa shape index (κ2) is 9.74.